The van der Waals surface area contributed by atoms with Crippen molar-refractivity contribution < 1.29 is 23.1 Å². The predicted octanol–water partition coefficient (Wildman–Crippen LogP) is 3.10. The largest absolute Gasteiger partial charge is 0.444 e. The number of rotatable bonds is 5. The van der Waals surface area contributed by atoms with Crippen molar-refractivity contribution in [3.05, 3.63) is 35.6 Å². The molecule has 1 N–H and O–H groups in total. The first-order valence-electron chi connectivity index (χ1n) is 6.50. The topological polar surface area (TPSA) is 55.4 Å². The van der Waals surface area contributed by atoms with Gasteiger partial charge in [-0.3, -0.25) is 0 Å². The van der Waals surface area contributed by atoms with E-state index in [0.717, 1.165) is 6.07 Å². The Balaban J connectivity index is 3.13. The summed E-state index contributed by atoms with van der Waals surface area (Å²) in [6.07, 6.45) is -0.877. The zero-order valence-electron chi connectivity index (χ0n) is 12.3. The van der Waals surface area contributed by atoms with Crippen molar-refractivity contribution in [1.82, 2.24) is 5.32 Å². The summed E-state index contributed by atoms with van der Waals surface area (Å²) in [5.41, 5.74) is -2.65. The van der Waals surface area contributed by atoms with Gasteiger partial charge in [0.15, 0.2) is 0 Å². The SMILES string of the molecule is CC(C)(C)OC(=O)N[C@@](CF)(CC=O)c1ccccc1F. The predicted molar refractivity (Wildman–Crippen MR) is 74.1 cm³/mol. The van der Waals surface area contributed by atoms with E-state index in [9.17, 15) is 18.4 Å². The maximum Gasteiger partial charge on any atom is 0.408 e. The van der Waals surface area contributed by atoms with E-state index in [1.165, 1.54) is 18.2 Å². The number of hydrogen-bond donors (Lipinski definition) is 1. The third-order valence-corrected chi connectivity index (χ3v) is 2.79. The molecule has 0 radical (unpaired) electrons. The minimum absolute atomic E-state index is 0.0922. The number of carbonyl (C=O) groups is 2. The Morgan fingerprint density at radius 2 is 1.95 bits per heavy atom. The fraction of sp³-hybridized carbons (Fsp3) is 0.467. The molecule has 116 valence electrons. The number of amides is 1. The second-order valence-electron chi connectivity index (χ2n) is 5.69. The first-order chi connectivity index (χ1) is 9.74. The quantitative estimate of drug-likeness (QED) is 0.850. The van der Waals surface area contributed by atoms with Crippen molar-refractivity contribution in [3.63, 3.8) is 0 Å². The van der Waals surface area contributed by atoms with Gasteiger partial charge < -0.3 is 14.8 Å². The van der Waals surface area contributed by atoms with Crippen LogP contribution in [0.3, 0.4) is 0 Å². The molecule has 1 amide bonds. The third kappa shape index (κ3) is 4.51. The van der Waals surface area contributed by atoms with E-state index in [2.05, 4.69) is 5.32 Å². The average Bonchev–Trinajstić information content (AvgIpc) is 2.36. The van der Waals surface area contributed by atoms with Crippen molar-refractivity contribution in [2.45, 2.75) is 38.3 Å². The van der Waals surface area contributed by atoms with E-state index in [-0.39, 0.29) is 5.56 Å². The molecule has 0 bridgehead atoms. The van der Waals surface area contributed by atoms with Crippen molar-refractivity contribution in [2.24, 2.45) is 0 Å². The van der Waals surface area contributed by atoms with Crippen molar-refractivity contribution in [1.29, 1.82) is 0 Å². The zero-order chi connectivity index (χ0) is 16.1. The molecule has 1 aromatic carbocycles. The van der Waals surface area contributed by atoms with E-state index in [0.29, 0.717) is 6.29 Å². The van der Waals surface area contributed by atoms with Crippen molar-refractivity contribution in [2.75, 3.05) is 6.67 Å². The Morgan fingerprint density at radius 1 is 1.33 bits per heavy atom. The summed E-state index contributed by atoms with van der Waals surface area (Å²) in [5.74, 6) is -0.701. The van der Waals surface area contributed by atoms with Crippen LogP contribution < -0.4 is 5.32 Å². The number of alkyl halides is 1. The minimum Gasteiger partial charge on any atom is -0.444 e. The molecule has 4 nitrogen and oxygen atoms in total. The molecule has 6 heteroatoms. The first-order valence-corrected chi connectivity index (χ1v) is 6.50. The van der Waals surface area contributed by atoms with Gasteiger partial charge in [0.1, 0.15) is 29.9 Å². The molecule has 0 unspecified atom stereocenters. The van der Waals surface area contributed by atoms with E-state index in [4.69, 9.17) is 4.74 Å². The standard InChI is InChI=1S/C15H19F2NO3/c1-14(2,3)21-13(20)18-15(10-16,8-9-19)11-6-4-5-7-12(11)17/h4-7,9H,8,10H2,1-3H3,(H,18,20)/t15-/m1/s1. The lowest BCUT2D eigenvalue weighted by atomic mass is 9.88. The van der Waals surface area contributed by atoms with Gasteiger partial charge in [0.2, 0.25) is 0 Å². The number of carbonyl (C=O) groups excluding carboxylic acids is 2. The van der Waals surface area contributed by atoms with Gasteiger partial charge in [0.05, 0.1) is 0 Å². The van der Waals surface area contributed by atoms with Crippen LogP contribution in [0.15, 0.2) is 24.3 Å². The summed E-state index contributed by atoms with van der Waals surface area (Å²) in [6.45, 7) is 3.80. The molecule has 1 aromatic rings. The maximum atomic E-state index is 13.9. The Hall–Kier alpha value is -1.98. The van der Waals surface area contributed by atoms with Gasteiger partial charge in [-0.25, -0.2) is 13.6 Å². The van der Waals surface area contributed by atoms with Crippen LogP contribution in [0.2, 0.25) is 0 Å². The molecule has 0 aliphatic carbocycles. The van der Waals surface area contributed by atoms with Gasteiger partial charge in [-0.05, 0) is 26.8 Å². The van der Waals surface area contributed by atoms with Crippen molar-refractivity contribution >= 4 is 12.4 Å². The molecule has 0 aliphatic rings. The van der Waals surface area contributed by atoms with Crippen LogP contribution in [-0.4, -0.2) is 24.7 Å². The Morgan fingerprint density at radius 3 is 2.43 bits per heavy atom. The fourth-order valence-corrected chi connectivity index (χ4v) is 1.88. The van der Waals surface area contributed by atoms with Crippen LogP contribution >= 0.6 is 0 Å². The van der Waals surface area contributed by atoms with Crippen LogP contribution in [-0.2, 0) is 15.1 Å². The van der Waals surface area contributed by atoms with Gasteiger partial charge in [-0.1, -0.05) is 18.2 Å². The summed E-state index contributed by atoms with van der Waals surface area (Å²) in [5, 5.41) is 2.29. The number of hydrogen-bond acceptors (Lipinski definition) is 3. The fourth-order valence-electron chi connectivity index (χ4n) is 1.88. The molecule has 0 spiro atoms. The van der Waals surface area contributed by atoms with Crippen molar-refractivity contribution in [3.8, 4) is 0 Å². The zero-order valence-corrected chi connectivity index (χ0v) is 12.3. The lowest BCUT2D eigenvalue weighted by Crippen LogP contribution is -2.50. The number of nitrogens with one attached hydrogen (secondary N) is 1. The molecule has 1 atom stereocenters. The first kappa shape index (κ1) is 17.1. The van der Waals surface area contributed by atoms with Crippen LogP contribution in [0.5, 0.6) is 0 Å². The molecule has 0 aliphatic heterocycles. The van der Waals surface area contributed by atoms with Crippen LogP contribution in [0.4, 0.5) is 13.6 Å². The second-order valence-corrected chi connectivity index (χ2v) is 5.69. The van der Waals surface area contributed by atoms with Crippen LogP contribution in [0.25, 0.3) is 0 Å². The lowest BCUT2D eigenvalue weighted by Gasteiger charge is -2.32. The Labute approximate surface area is 122 Å². The monoisotopic (exact) mass is 299 g/mol. The van der Waals surface area contributed by atoms with Crippen LogP contribution in [0, 0.1) is 5.82 Å². The highest BCUT2D eigenvalue weighted by atomic mass is 19.1. The minimum atomic E-state index is -1.77. The van der Waals surface area contributed by atoms with Gasteiger partial charge in [-0.2, -0.15) is 0 Å². The molecule has 1 rings (SSSR count). The molecule has 0 heterocycles. The molecular formula is C15H19F2NO3. The lowest BCUT2D eigenvalue weighted by molar-refractivity contribution is -0.109. The molecule has 0 aromatic heterocycles. The number of aldehydes is 1. The van der Waals surface area contributed by atoms with Gasteiger partial charge in [0, 0.05) is 12.0 Å². The highest BCUT2D eigenvalue weighted by molar-refractivity contribution is 5.70. The number of benzene rings is 1. The molecule has 0 fully saturated rings. The second kappa shape index (κ2) is 6.65. The molecule has 0 saturated carbocycles. The maximum absolute atomic E-state index is 13.9. The van der Waals surface area contributed by atoms with Crippen LogP contribution in [0.1, 0.15) is 32.8 Å². The van der Waals surface area contributed by atoms with Gasteiger partial charge >= 0.3 is 6.09 Å². The smallest absolute Gasteiger partial charge is 0.408 e. The molecule has 0 saturated heterocycles. The molecule has 21 heavy (non-hydrogen) atoms. The number of halogens is 2. The number of ether oxygens (including phenoxy) is 1. The summed E-state index contributed by atoms with van der Waals surface area (Å²) in [7, 11) is 0. The summed E-state index contributed by atoms with van der Waals surface area (Å²) in [6, 6.07) is 5.41. The third-order valence-electron chi connectivity index (χ3n) is 2.79. The summed E-state index contributed by atoms with van der Waals surface area (Å²) < 4.78 is 32.5. The molecular weight excluding hydrogens is 280 g/mol. The average molecular weight is 299 g/mol. The normalized spacial score (nSPS) is 14.1. The summed E-state index contributed by atoms with van der Waals surface area (Å²) >= 11 is 0. The Kier molecular flexibility index (Phi) is 5.41. The van der Waals surface area contributed by atoms with E-state index < -0.39 is 36.1 Å². The highest BCUT2D eigenvalue weighted by Crippen LogP contribution is 2.28. The van der Waals surface area contributed by atoms with Gasteiger partial charge in [-0.15, -0.1) is 0 Å². The number of alkyl carbamates (subject to hydrolysis) is 1. The summed E-state index contributed by atoms with van der Waals surface area (Å²) in [4.78, 5) is 22.7. The Bertz CT molecular complexity index is 514. The van der Waals surface area contributed by atoms with Gasteiger partial charge in [0.25, 0.3) is 0 Å². The van der Waals surface area contributed by atoms with E-state index in [1.807, 2.05) is 0 Å². The van der Waals surface area contributed by atoms with E-state index in [1.54, 1.807) is 20.8 Å². The van der Waals surface area contributed by atoms with E-state index >= 15 is 0 Å². The highest BCUT2D eigenvalue weighted by Gasteiger charge is 2.37.